The van der Waals surface area contributed by atoms with Crippen molar-refractivity contribution in [2.24, 2.45) is 0 Å². The molecule has 2 aliphatic heterocycles. The molecule has 4 rings (SSSR count). The fourth-order valence-electron chi connectivity index (χ4n) is 3.88. The van der Waals surface area contributed by atoms with E-state index in [1.165, 1.54) is 11.1 Å². The number of fused-ring (bicyclic) bond motifs is 1. The Morgan fingerprint density at radius 2 is 2.04 bits per heavy atom. The second-order valence-electron chi connectivity index (χ2n) is 7.12. The molecule has 0 radical (unpaired) electrons. The van der Waals surface area contributed by atoms with Gasteiger partial charge in [-0.25, -0.2) is 4.98 Å². The van der Waals surface area contributed by atoms with Gasteiger partial charge >= 0.3 is 0 Å². The van der Waals surface area contributed by atoms with Crippen LogP contribution in [0.5, 0.6) is 0 Å². The van der Waals surface area contributed by atoms with Crippen LogP contribution in [0.1, 0.15) is 55.1 Å². The number of nitrogens with zero attached hydrogens (tertiary/aromatic N) is 2. The predicted molar refractivity (Wildman–Crippen MR) is 92.8 cm³/mol. The van der Waals surface area contributed by atoms with Gasteiger partial charge in [-0.2, -0.15) is 0 Å². The summed E-state index contributed by atoms with van der Waals surface area (Å²) in [7, 11) is 0. The highest BCUT2D eigenvalue weighted by atomic mass is 16.5. The van der Waals surface area contributed by atoms with E-state index < -0.39 is 0 Å². The lowest BCUT2D eigenvalue weighted by atomic mass is 10.0. The summed E-state index contributed by atoms with van der Waals surface area (Å²) in [6.07, 6.45) is 4.75. The molecule has 3 heterocycles. The number of aromatic amines is 1. The van der Waals surface area contributed by atoms with Gasteiger partial charge in [0.05, 0.1) is 17.1 Å². The van der Waals surface area contributed by atoms with Crippen LogP contribution < -0.4 is 0 Å². The van der Waals surface area contributed by atoms with Gasteiger partial charge in [0, 0.05) is 13.2 Å². The number of H-pyrrole nitrogens is 1. The van der Waals surface area contributed by atoms with E-state index in [2.05, 4.69) is 31.0 Å². The van der Waals surface area contributed by atoms with Crippen molar-refractivity contribution in [3.05, 3.63) is 29.1 Å². The lowest BCUT2D eigenvalue weighted by molar-refractivity contribution is -0.145. The van der Waals surface area contributed by atoms with E-state index >= 15 is 0 Å². The highest BCUT2D eigenvalue weighted by Gasteiger charge is 2.35. The maximum Gasteiger partial charge on any atom is 0.252 e. The van der Waals surface area contributed by atoms with E-state index in [4.69, 9.17) is 9.72 Å². The van der Waals surface area contributed by atoms with Crippen molar-refractivity contribution in [2.75, 3.05) is 13.2 Å². The monoisotopic (exact) mass is 327 g/mol. The van der Waals surface area contributed by atoms with Crippen LogP contribution in [0.25, 0.3) is 11.0 Å². The van der Waals surface area contributed by atoms with Crippen LogP contribution in [0, 0.1) is 13.8 Å². The number of carbonyl (C=O) groups excluding carboxylic acids is 1. The number of piperidine rings is 1. The lowest BCUT2D eigenvalue weighted by Gasteiger charge is -2.35. The van der Waals surface area contributed by atoms with E-state index in [-0.39, 0.29) is 18.1 Å². The van der Waals surface area contributed by atoms with Gasteiger partial charge in [0.25, 0.3) is 5.91 Å². The number of benzene rings is 1. The second-order valence-corrected chi connectivity index (χ2v) is 7.12. The Balaban J connectivity index is 1.66. The first kappa shape index (κ1) is 15.6. The Bertz CT molecular complexity index is 722. The molecule has 5 nitrogen and oxygen atoms in total. The molecular weight excluding hydrogens is 302 g/mol. The summed E-state index contributed by atoms with van der Waals surface area (Å²) in [6.45, 7) is 5.73. The van der Waals surface area contributed by atoms with Gasteiger partial charge in [-0.05, 0) is 69.2 Å². The molecule has 0 bridgehead atoms. The topological polar surface area (TPSA) is 58.2 Å². The summed E-state index contributed by atoms with van der Waals surface area (Å²) >= 11 is 0. The lowest BCUT2D eigenvalue weighted by Crippen LogP contribution is -2.44. The molecule has 0 spiro atoms. The highest BCUT2D eigenvalue weighted by molar-refractivity contribution is 5.82. The summed E-state index contributed by atoms with van der Waals surface area (Å²) in [6, 6.07) is 4.32. The Kier molecular flexibility index (Phi) is 4.04. The second kappa shape index (κ2) is 6.20. The number of likely N-dealkylation sites (tertiary alicyclic amines) is 1. The third-order valence-corrected chi connectivity index (χ3v) is 5.42. The molecule has 2 aromatic rings. The van der Waals surface area contributed by atoms with Gasteiger partial charge in [0.2, 0.25) is 0 Å². The summed E-state index contributed by atoms with van der Waals surface area (Å²) in [5, 5.41) is 0. The van der Waals surface area contributed by atoms with Crippen LogP contribution >= 0.6 is 0 Å². The largest absolute Gasteiger partial charge is 0.368 e. The molecule has 24 heavy (non-hydrogen) atoms. The number of rotatable bonds is 2. The van der Waals surface area contributed by atoms with E-state index in [1.54, 1.807) is 0 Å². The van der Waals surface area contributed by atoms with Gasteiger partial charge in [-0.3, -0.25) is 4.79 Å². The highest BCUT2D eigenvalue weighted by Crippen LogP contribution is 2.32. The molecule has 0 saturated carbocycles. The zero-order valence-corrected chi connectivity index (χ0v) is 14.5. The number of ether oxygens (including phenoxy) is 1. The van der Waals surface area contributed by atoms with Crippen molar-refractivity contribution in [1.82, 2.24) is 14.9 Å². The van der Waals surface area contributed by atoms with E-state index in [9.17, 15) is 4.79 Å². The SMILES string of the molecule is Cc1cc2nc(C3CCCCN3C(=O)C3CCCO3)[nH]c2cc1C. The van der Waals surface area contributed by atoms with Crippen molar-refractivity contribution in [2.45, 2.75) is 58.1 Å². The first-order chi connectivity index (χ1) is 11.6. The number of amides is 1. The molecule has 128 valence electrons. The number of carbonyl (C=O) groups is 1. The fraction of sp³-hybridized carbons (Fsp3) is 0.579. The van der Waals surface area contributed by atoms with Gasteiger partial charge in [0.1, 0.15) is 11.9 Å². The Hall–Kier alpha value is -1.88. The van der Waals surface area contributed by atoms with Crippen LogP contribution in [0.15, 0.2) is 12.1 Å². The van der Waals surface area contributed by atoms with Gasteiger partial charge in [-0.15, -0.1) is 0 Å². The number of hydrogen-bond donors (Lipinski definition) is 1. The third kappa shape index (κ3) is 2.71. The maximum absolute atomic E-state index is 12.9. The average Bonchev–Trinajstić information content (AvgIpc) is 3.24. The van der Waals surface area contributed by atoms with Crippen LogP contribution in [0.2, 0.25) is 0 Å². The molecule has 0 aliphatic carbocycles. The number of imidazole rings is 1. The molecule has 1 N–H and O–H groups in total. The molecule has 1 aromatic carbocycles. The van der Waals surface area contributed by atoms with Gasteiger partial charge in [0.15, 0.2) is 0 Å². The molecule has 2 atom stereocenters. The molecule has 5 heteroatoms. The van der Waals surface area contributed by atoms with Crippen LogP contribution in [0.4, 0.5) is 0 Å². The average molecular weight is 327 g/mol. The summed E-state index contributed by atoms with van der Waals surface area (Å²) in [5.41, 5.74) is 4.55. The maximum atomic E-state index is 12.9. The Labute approximate surface area is 142 Å². The van der Waals surface area contributed by atoms with Crippen molar-refractivity contribution < 1.29 is 9.53 Å². The first-order valence-electron chi connectivity index (χ1n) is 9.02. The molecular formula is C19H25N3O2. The van der Waals surface area contributed by atoms with Gasteiger partial charge < -0.3 is 14.6 Å². The van der Waals surface area contributed by atoms with Crippen molar-refractivity contribution in [3.63, 3.8) is 0 Å². The van der Waals surface area contributed by atoms with Crippen LogP contribution in [-0.4, -0.2) is 40.0 Å². The minimum absolute atomic E-state index is 0.0449. The minimum atomic E-state index is -0.250. The smallest absolute Gasteiger partial charge is 0.252 e. The molecule has 2 aliphatic rings. The molecule has 1 amide bonds. The third-order valence-electron chi connectivity index (χ3n) is 5.42. The summed E-state index contributed by atoms with van der Waals surface area (Å²) in [4.78, 5) is 23.1. The fourth-order valence-corrected chi connectivity index (χ4v) is 3.88. The van der Waals surface area contributed by atoms with Crippen molar-refractivity contribution >= 4 is 16.9 Å². The Morgan fingerprint density at radius 1 is 1.21 bits per heavy atom. The molecule has 1 aromatic heterocycles. The predicted octanol–water partition coefficient (Wildman–Crippen LogP) is 3.41. The first-order valence-corrected chi connectivity index (χ1v) is 9.02. The zero-order valence-electron chi connectivity index (χ0n) is 14.5. The van der Waals surface area contributed by atoms with Crippen molar-refractivity contribution in [1.29, 1.82) is 0 Å². The summed E-state index contributed by atoms with van der Waals surface area (Å²) in [5.74, 6) is 1.06. The quantitative estimate of drug-likeness (QED) is 0.919. The van der Waals surface area contributed by atoms with E-state index in [1.807, 2.05) is 4.90 Å². The molecule has 2 fully saturated rings. The van der Waals surface area contributed by atoms with Crippen LogP contribution in [-0.2, 0) is 9.53 Å². The number of hydrogen-bond acceptors (Lipinski definition) is 3. The van der Waals surface area contributed by atoms with Crippen molar-refractivity contribution in [3.8, 4) is 0 Å². The zero-order chi connectivity index (χ0) is 16.7. The number of aromatic nitrogens is 2. The number of nitrogens with one attached hydrogen (secondary N) is 1. The summed E-state index contributed by atoms with van der Waals surface area (Å²) < 4.78 is 5.62. The molecule has 2 unspecified atom stereocenters. The Morgan fingerprint density at radius 3 is 2.83 bits per heavy atom. The van der Waals surface area contributed by atoms with Crippen LogP contribution in [0.3, 0.4) is 0 Å². The normalized spacial score (nSPS) is 24.7. The van der Waals surface area contributed by atoms with E-state index in [0.29, 0.717) is 6.61 Å². The standard InChI is InChI=1S/C19H25N3O2/c1-12-10-14-15(11-13(12)2)21-18(20-14)16-6-3-4-8-22(16)19(23)17-7-5-9-24-17/h10-11,16-17H,3-9H2,1-2H3,(H,20,21). The number of aryl methyl sites for hydroxylation is 2. The van der Waals surface area contributed by atoms with Gasteiger partial charge in [-0.1, -0.05) is 0 Å². The van der Waals surface area contributed by atoms with E-state index in [0.717, 1.165) is 55.5 Å². The molecule has 2 saturated heterocycles. The minimum Gasteiger partial charge on any atom is -0.368 e.